The number of rotatable bonds is 6. The average Bonchev–Trinajstić information content (AvgIpc) is 2.66. The van der Waals surface area contributed by atoms with Gasteiger partial charge in [-0.3, -0.25) is 4.79 Å². The summed E-state index contributed by atoms with van der Waals surface area (Å²) in [4.78, 5) is 23.0. The number of benzene rings is 1. The van der Waals surface area contributed by atoms with Gasteiger partial charge >= 0.3 is 12.1 Å². The van der Waals surface area contributed by atoms with Gasteiger partial charge in [-0.05, 0) is 25.1 Å². The molecule has 1 atom stereocenters. The number of halogens is 4. The average molecular weight is 442 g/mol. The summed E-state index contributed by atoms with van der Waals surface area (Å²) < 4.78 is 86.5. The van der Waals surface area contributed by atoms with E-state index in [2.05, 4.69) is 0 Å². The highest BCUT2D eigenvalue weighted by Gasteiger charge is 2.31. The van der Waals surface area contributed by atoms with Gasteiger partial charge in [0.15, 0.2) is 6.10 Å². The van der Waals surface area contributed by atoms with E-state index in [0.29, 0.717) is 0 Å². The Morgan fingerprint density at radius 3 is 2.48 bits per heavy atom. The van der Waals surface area contributed by atoms with E-state index in [-0.39, 0.29) is 31.9 Å². The number of amides is 1. The van der Waals surface area contributed by atoms with Crippen LogP contribution >= 0.6 is 0 Å². The molecule has 1 aliphatic rings. The normalized spacial score (nSPS) is 16.9. The lowest BCUT2D eigenvalue weighted by Gasteiger charge is -2.26. The van der Waals surface area contributed by atoms with Crippen molar-refractivity contribution < 1.29 is 45.0 Å². The molecule has 2 rings (SSSR count). The molecule has 0 aromatic heterocycles. The van der Waals surface area contributed by atoms with Crippen molar-refractivity contribution >= 4 is 21.9 Å². The minimum absolute atomic E-state index is 0.00680. The Morgan fingerprint density at radius 1 is 1.28 bits per heavy atom. The molecule has 162 valence electrons. The molecule has 1 amide bonds. The van der Waals surface area contributed by atoms with Crippen molar-refractivity contribution in [2.75, 3.05) is 32.8 Å². The zero-order valence-corrected chi connectivity index (χ0v) is 16.0. The van der Waals surface area contributed by atoms with Gasteiger partial charge in [-0.2, -0.15) is 17.5 Å². The molecule has 0 bridgehead atoms. The second-order valence-electron chi connectivity index (χ2n) is 6.04. The van der Waals surface area contributed by atoms with Crippen molar-refractivity contribution in [2.24, 2.45) is 0 Å². The Morgan fingerprint density at radius 2 is 1.90 bits per heavy atom. The number of carbonyl (C=O) groups is 2. The molecule has 0 saturated carbocycles. The maximum atomic E-state index is 14.1. The van der Waals surface area contributed by atoms with Crippen LogP contribution in [0.1, 0.15) is 17.3 Å². The number of nitrogens with one attached hydrogen (secondary N) is 1. The highest BCUT2D eigenvalue weighted by molar-refractivity contribution is 7.89. The Bertz CT molecular complexity index is 869. The lowest BCUT2D eigenvalue weighted by Crippen LogP contribution is -2.41. The van der Waals surface area contributed by atoms with Crippen molar-refractivity contribution in [3.8, 4) is 0 Å². The van der Waals surface area contributed by atoms with Crippen molar-refractivity contribution in [1.82, 2.24) is 9.62 Å². The van der Waals surface area contributed by atoms with Gasteiger partial charge in [0.25, 0.3) is 5.91 Å². The summed E-state index contributed by atoms with van der Waals surface area (Å²) in [6, 6.07) is 2.44. The molecule has 8 nitrogen and oxygen atoms in total. The monoisotopic (exact) mass is 442 g/mol. The molecule has 1 saturated heterocycles. The molecule has 1 heterocycles. The quantitative estimate of drug-likeness (QED) is 0.523. The van der Waals surface area contributed by atoms with Crippen LogP contribution in [0.5, 0.6) is 0 Å². The summed E-state index contributed by atoms with van der Waals surface area (Å²) in [6.45, 7) is -0.287. The van der Waals surface area contributed by atoms with E-state index in [4.69, 9.17) is 9.47 Å². The smallest absolute Gasteiger partial charge is 0.405 e. The van der Waals surface area contributed by atoms with Gasteiger partial charge in [-0.1, -0.05) is 0 Å². The number of esters is 1. The number of morpholine rings is 1. The second-order valence-corrected chi connectivity index (χ2v) is 7.95. The third kappa shape index (κ3) is 6.11. The minimum Gasteiger partial charge on any atom is -0.449 e. The van der Waals surface area contributed by atoms with Crippen LogP contribution in [0.15, 0.2) is 23.1 Å². The number of alkyl halides is 3. The summed E-state index contributed by atoms with van der Waals surface area (Å²) >= 11 is 0. The molecule has 13 heteroatoms. The number of ether oxygens (including phenoxy) is 2. The fourth-order valence-corrected chi connectivity index (χ4v) is 3.87. The van der Waals surface area contributed by atoms with Gasteiger partial charge in [-0.25, -0.2) is 17.6 Å². The van der Waals surface area contributed by atoms with E-state index in [1.54, 1.807) is 5.32 Å². The van der Waals surface area contributed by atoms with E-state index in [9.17, 15) is 35.6 Å². The maximum absolute atomic E-state index is 14.1. The van der Waals surface area contributed by atoms with Crippen LogP contribution < -0.4 is 5.32 Å². The fraction of sp³-hybridized carbons (Fsp3) is 0.500. The molecule has 0 spiro atoms. The predicted molar refractivity (Wildman–Crippen MR) is 89.9 cm³/mol. The topological polar surface area (TPSA) is 102 Å². The number of hydrogen-bond donors (Lipinski definition) is 1. The van der Waals surface area contributed by atoms with E-state index in [0.717, 1.165) is 29.4 Å². The van der Waals surface area contributed by atoms with Gasteiger partial charge in [0.05, 0.1) is 18.8 Å². The number of hydrogen-bond acceptors (Lipinski definition) is 6. The van der Waals surface area contributed by atoms with Crippen LogP contribution in [-0.4, -0.2) is 69.7 Å². The van der Waals surface area contributed by atoms with Crippen molar-refractivity contribution in [2.45, 2.75) is 24.1 Å². The van der Waals surface area contributed by atoms with E-state index >= 15 is 0 Å². The largest absolute Gasteiger partial charge is 0.449 e. The van der Waals surface area contributed by atoms with E-state index < -0.39 is 51.4 Å². The maximum Gasteiger partial charge on any atom is 0.405 e. The molecule has 1 aliphatic heterocycles. The standard InChI is InChI=1S/C16H18F4N2O6S/c1-10(14(23)21-9-16(18,19)20)28-15(24)11-2-3-12(17)13(8-11)29(25,26)22-4-6-27-7-5-22/h2-3,8,10H,4-7,9H2,1H3,(H,21,23). The first-order chi connectivity index (χ1) is 13.4. The molecule has 29 heavy (non-hydrogen) atoms. The van der Waals surface area contributed by atoms with Crippen molar-refractivity contribution in [3.05, 3.63) is 29.6 Å². The lowest BCUT2D eigenvalue weighted by molar-refractivity contribution is -0.143. The summed E-state index contributed by atoms with van der Waals surface area (Å²) in [6.07, 6.45) is -6.23. The molecule has 1 N–H and O–H groups in total. The van der Waals surface area contributed by atoms with Gasteiger partial charge in [-0.15, -0.1) is 0 Å². The van der Waals surface area contributed by atoms with Crippen LogP contribution in [0.3, 0.4) is 0 Å². The summed E-state index contributed by atoms with van der Waals surface area (Å²) in [5.41, 5.74) is -0.381. The van der Waals surface area contributed by atoms with Crippen molar-refractivity contribution in [3.63, 3.8) is 0 Å². The number of nitrogens with zero attached hydrogens (tertiary/aromatic N) is 1. The Labute approximate surface area is 163 Å². The summed E-state index contributed by atoms with van der Waals surface area (Å²) in [7, 11) is -4.25. The van der Waals surface area contributed by atoms with E-state index in [1.165, 1.54) is 0 Å². The molecule has 1 aromatic rings. The molecule has 1 aromatic carbocycles. The first kappa shape index (κ1) is 23.0. The van der Waals surface area contributed by atoms with Crippen LogP contribution in [0.4, 0.5) is 17.6 Å². The van der Waals surface area contributed by atoms with Crippen LogP contribution in [-0.2, 0) is 24.3 Å². The second kappa shape index (κ2) is 9.05. The SMILES string of the molecule is CC(OC(=O)c1ccc(F)c(S(=O)(=O)N2CCOCC2)c1)C(=O)NCC(F)(F)F. The molecule has 0 radical (unpaired) electrons. The first-order valence-corrected chi connectivity index (χ1v) is 9.79. The highest BCUT2D eigenvalue weighted by atomic mass is 32.2. The molecule has 0 aliphatic carbocycles. The van der Waals surface area contributed by atoms with Gasteiger partial charge in [0.1, 0.15) is 17.3 Å². The Kier molecular flexibility index (Phi) is 7.19. The lowest BCUT2D eigenvalue weighted by atomic mass is 10.2. The summed E-state index contributed by atoms with van der Waals surface area (Å²) in [5.74, 6) is -3.49. The zero-order chi connectivity index (χ0) is 21.8. The van der Waals surface area contributed by atoms with Crippen LogP contribution in [0.25, 0.3) is 0 Å². The fourth-order valence-electron chi connectivity index (χ4n) is 2.37. The van der Waals surface area contributed by atoms with E-state index in [1.807, 2.05) is 0 Å². The molecule has 1 fully saturated rings. The van der Waals surface area contributed by atoms with Crippen molar-refractivity contribution in [1.29, 1.82) is 0 Å². The first-order valence-electron chi connectivity index (χ1n) is 8.35. The molecular weight excluding hydrogens is 424 g/mol. The number of sulfonamides is 1. The third-order valence-electron chi connectivity index (χ3n) is 3.87. The molecule has 1 unspecified atom stereocenters. The van der Waals surface area contributed by atoms with Crippen LogP contribution in [0.2, 0.25) is 0 Å². The van der Waals surface area contributed by atoms with Gasteiger partial charge in [0, 0.05) is 13.1 Å². The minimum atomic E-state index is -4.64. The highest BCUT2D eigenvalue weighted by Crippen LogP contribution is 2.22. The Hall–Kier alpha value is -2.25. The van der Waals surface area contributed by atoms with Crippen LogP contribution in [0, 0.1) is 5.82 Å². The number of carbonyl (C=O) groups excluding carboxylic acids is 2. The predicted octanol–water partition coefficient (Wildman–Crippen LogP) is 1.07. The Balaban J connectivity index is 2.14. The van der Waals surface area contributed by atoms with Gasteiger partial charge < -0.3 is 14.8 Å². The third-order valence-corrected chi connectivity index (χ3v) is 5.78. The molecular formula is C16H18F4N2O6S. The van der Waals surface area contributed by atoms with Gasteiger partial charge in [0.2, 0.25) is 10.0 Å². The zero-order valence-electron chi connectivity index (χ0n) is 15.2. The summed E-state index contributed by atoms with van der Waals surface area (Å²) in [5, 5.41) is 1.55.